The third-order valence-electron chi connectivity index (χ3n) is 3.22. The van der Waals surface area contributed by atoms with Crippen LogP contribution in [0.2, 0.25) is 0 Å². The molecule has 0 unspecified atom stereocenters. The fourth-order valence-corrected chi connectivity index (χ4v) is 2.15. The van der Waals surface area contributed by atoms with E-state index in [1.54, 1.807) is 19.1 Å². The Morgan fingerprint density at radius 1 is 1.47 bits per heavy atom. The van der Waals surface area contributed by atoms with E-state index in [9.17, 15) is 9.90 Å². The van der Waals surface area contributed by atoms with E-state index in [-0.39, 0.29) is 17.1 Å². The van der Waals surface area contributed by atoms with Crippen LogP contribution in [-0.4, -0.2) is 16.5 Å². The second-order valence-electron chi connectivity index (χ2n) is 5.08. The normalized spacial score (nSPS) is 17.1. The molecule has 0 amide bonds. The van der Waals surface area contributed by atoms with Gasteiger partial charge in [-0.2, -0.15) is 0 Å². The largest absolute Gasteiger partial charge is 0.507 e. The molecule has 3 nitrogen and oxygen atoms in total. The molecule has 1 aromatic rings. The number of ketones is 1. The number of rotatable bonds is 2. The molecule has 0 fully saturated rings. The highest BCUT2D eigenvalue weighted by Gasteiger charge is 2.29. The first-order chi connectivity index (χ1) is 7.94. The van der Waals surface area contributed by atoms with Crippen molar-refractivity contribution in [3.05, 3.63) is 23.3 Å². The lowest BCUT2D eigenvalue weighted by Gasteiger charge is -2.33. The molecule has 1 heterocycles. The predicted octanol–water partition coefficient (Wildman–Crippen LogP) is 3.09. The summed E-state index contributed by atoms with van der Waals surface area (Å²) in [5, 5.41) is 10.1. The number of hydrogen-bond acceptors (Lipinski definition) is 3. The highest BCUT2D eigenvalue weighted by molar-refractivity contribution is 5.99. The summed E-state index contributed by atoms with van der Waals surface area (Å²) in [4.78, 5) is 11.6. The monoisotopic (exact) mass is 234 g/mol. The maximum atomic E-state index is 11.6. The van der Waals surface area contributed by atoms with E-state index in [4.69, 9.17) is 4.74 Å². The molecule has 3 heteroatoms. The molecule has 0 atom stereocenters. The second kappa shape index (κ2) is 4.06. The van der Waals surface area contributed by atoms with E-state index in [0.29, 0.717) is 17.7 Å². The number of hydrogen-bond donors (Lipinski definition) is 1. The van der Waals surface area contributed by atoms with E-state index in [0.717, 1.165) is 18.4 Å². The van der Waals surface area contributed by atoms with Gasteiger partial charge in [-0.3, -0.25) is 4.79 Å². The molecule has 1 aliphatic rings. The van der Waals surface area contributed by atoms with Gasteiger partial charge < -0.3 is 9.84 Å². The van der Waals surface area contributed by atoms with Gasteiger partial charge in [-0.05, 0) is 38.8 Å². The van der Waals surface area contributed by atoms with E-state index < -0.39 is 0 Å². The fourth-order valence-electron chi connectivity index (χ4n) is 2.15. The Hall–Kier alpha value is -1.51. The van der Waals surface area contributed by atoms with Gasteiger partial charge in [0.15, 0.2) is 5.78 Å². The van der Waals surface area contributed by atoms with Gasteiger partial charge in [0.2, 0.25) is 0 Å². The van der Waals surface area contributed by atoms with Crippen LogP contribution >= 0.6 is 0 Å². The molecular formula is C14H18O3. The minimum atomic E-state index is -0.199. The summed E-state index contributed by atoms with van der Waals surface area (Å²) in [7, 11) is 0. The van der Waals surface area contributed by atoms with E-state index in [2.05, 4.69) is 0 Å². The van der Waals surface area contributed by atoms with Gasteiger partial charge in [-0.1, -0.05) is 6.92 Å². The number of ether oxygens (including phenoxy) is 1. The molecule has 2 rings (SSSR count). The first-order valence-corrected chi connectivity index (χ1v) is 6.01. The SMILES string of the molecule is CCC(=O)c1ccc2c(c1O)CCC(C)(C)O2. The Bertz CT molecular complexity index is 461. The molecule has 0 aromatic heterocycles. The average molecular weight is 234 g/mol. The Morgan fingerprint density at radius 3 is 2.82 bits per heavy atom. The fraction of sp³-hybridized carbons (Fsp3) is 0.500. The Labute approximate surface area is 101 Å². The number of carbonyl (C=O) groups is 1. The van der Waals surface area contributed by atoms with Crippen LogP contribution in [0.1, 0.15) is 49.5 Å². The summed E-state index contributed by atoms with van der Waals surface area (Å²) >= 11 is 0. The number of Topliss-reactive ketones (excluding diaryl/α,β-unsaturated/α-hetero) is 1. The van der Waals surface area contributed by atoms with Crippen molar-refractivity contribution in [1.82, 2.24) is 0 Å². The van der Waals surface area contributed by atoms with Crippen LogP contribution in [0.4, 0.5) is 0 Å². The average Bonchev–Trinajstić information content (AvgIpc) is 2.27. The number of aromatic hydroxyl groups is 1. The maximum absolute atomic E-state index is 11.6. The van der Waals surface area contributed by atoms with Gasteiger partial charge in [0.05, 0.1) is 5.56 Å². The number of phenolic OH excluding ortho intramolecular Hbond substituents is 1. The molecule has 1 aliphatic heterocycles. The molecular weight excluding hydrogens is 216 g/mol. The molecule has 1 aromatic carbocycles. The van der Waals surface area contributed by atoms with Gasteiger partial charge in [0, 0.05) is 12.0 Å². The van der Waals surface area contributed by atoms with Crippen LogP contribution < -0.4 is 4.74 Å². The lowest BCUT2D eigenvalue weighted by Crippen LogP contribution is -2.32. The van der Waals surface area contributed by atoms with Crippen molar-refractivity contribution in [2.24, 2.45) is 0 Å². The Balaban J connectivity index is 2.44. The van der Waals surface area contributed by atoms with Crippen LogP contribution in [0.15, 0.2) is 12.1 Å². The predicted molar refractivity (Wildman–Crippen MR) is 65.8 cm³/mol. The molecule has 1 N–H and O–H groups in total. The van der Waals surface area contributed by atoms with Gasteiger partial charge >= 0.3 is 0 Å². The zero-order valence-corrected chi connectivity index (χ0v) is 10.5. The number of phenols is 1. The number of benzene rings is 1. The van der Waals surface area contributed by atoms with Gasteiger partial charge in [0.1, 0.15) is 17.1 Å². The standard InChI is InChI=1S/C14H18O3/c1-4-11(15)9-5-6-12-10(13(9)16)7-8-14(2,3)17-12/h5-6,16H,4,7-8H2,1-3H3. The quantitative estimate of drug-likeness (QED) is 0.800. The smallest absolute Gasteiger partial charge is 0.166 e. The molecule has 0 bridgehead atoms. The summed E-state index contributed by atoms with van der Waals surface area (Å²) in [5.74, 6) is 0.770. The summed E-state index contributed by atoms with van der Waals surface area (Å²) in [6.07, 6.45) is 2.00. The van der Waals surface area contributed by atoms with Crippen LogP contribution in [0.5, 0.6) is 11.5 Å². The van der Waals surface area contributed by atoms with E-state index in [1.807, 2.05) is 13.8 Å². The van der Waals surface area contributed by atoms with Crippen molar-refractivity contribution in [3.63, 3.8) is 0 Å². The molecule has 0 aliphatic carbocycles. The van der Waals surface area contributed by atoms with E-state index >= 15 is 0 Å². The number of carbonyl (C=O) groups excluding carboxylic acids is 1. The van der Waals surface area contributed by atoms with Crippen molar-refractivity contribution in [3.8, 4) is 11.5 Å². The van der Waals surface area contributed by atoms with Crippen molar-refractivity contribution in [1.29, 1.82) is 0 Å². The topological polar surface area (TPSA) is 46.5 Å². The van der Waals surface area contributed by atoms with Crippen molar-refractivity contribution < 1.29 is 14.6 Å². The molecule has 0 saturated carbocycles. The zero-order chi connectivity index (χ0) is 12.6. The van der Waals surface area contributed by atoms with Crippen LogP contribution in [-0.2, 0) is 6.42 Å². The summed E-state index contributed by atoms with van der Waals surface area (Å²) in [5.41, 5.74) is 0.980. The van der Waals surface area contributed by atoms with Crippen molar-refractivity contribution in [2.45, 2.75) is 45.6 Å². The van der Waals surface area contributed by atoms with Crippen molar-refractivity contribution >= 4 is 5.78 Å². The third kappa shape index (κ3) is 2.14. The Kier molecular flexibility index (Phi) is 2.86. The minimum absolute atomic E-state index is 0.0323. The summed E-state index contributed by atoms with van der Waals surface area (Å²) < 4.78 is 5.80. The third-order valence-corrected chi connectivity index (χ3v) is 3.22. The van der Waals surface area contributed by atoms with Crippen LogP contribution in [0, 0.1) is 0 Å². The summed E-state index contributed by atoms with van der Waals surface area (Å²) in [6.45, 7) is 5.84. The Morgan fingerprint density at radius 2 is 2.18 bits per heavy atom. The second-order valence-corrected chi connectivity index (χ2v) is 5.08. The van der Waals surface area contributed by atoms with Crippen molar-refractivity contribution in [2.75, 3.05) is 0 Å². The van der Waals surface area contributed by atoms with Gasteiger partial charge in [-0.15, -0.1) is 0 Å². The van der Waals surface area contributed by atoms with E-state index in [1.165, 1.54) is 0 Å². The van der Waals surface area contributed by atoms with Gasteiger partial charge in [-0.25, -0.2) is 0 Å². The van der Waals surface area contributed by atoms with Crippen LogP contribution in [0.3, 0.4) is 0 Å². The highest BCUT2D eigenvalue weighted by atomic mass is 16.5. The molecule has 92 valence electrons. The number of fused-ring (bicyclic) bond motifs is 1. The lowest BCUT2D eigenvalue weighted by atomic mass is 9.91. The minimum Gasteiger partial charge on any atom is -0.507 e. The molecule has 0 radical (unpaired) electrons. The molecule has 0 saturated heterocycles. The molecule has 0 spiro atoms. The zero-order valence-electron chi connectivity index (χ0n) is 10.5. The molecule has 17 heavy (non-hydrogen) atoms. The lowest BCUT2D eigenvalue weighted by molar-refractivity contribution is 0.0835. The first kappa shape index (κ1) is 12.0. The van der Waals surface area contributed by atoms with Crippen LogP contribution in [0.25, 0.3) is 0 Å². The summed E-state index contributed by atoms with van der Waals surface area (Å²) in [6, 6.07) is 3.44. The first-order valence-electron chi connectivity index (χ1n) is 6.01. The van der Waals surface area contributed by atoms with Gasteiger partial charge in [0.25, 0.3) is 0 Å². The highest BCUT2D eigenvalue weighted by Crippen LogP contribution is 2.39. The maximum Gasteiger partial charge on any atom is 0.166 e.